The van der Waals surface area contributed by atoms with Gasteiger partial charge in [-0.1, -0.05) is 18.2 Å². The summed E-state index contributed by atoms with van der Waals surface area (Å²) in [7, 11) is 1.67. The fraction of sp³-hybridized carbons (Fsp3) is 0.125. The SMILES string of the molecule is COc1ccc(-c2nc(C)nc3ccccc23)cc1. The van der Waals surface area contributed by atoms with Gasteiger partial charge in [0.05, 0.1) is 18.3 Å². The van der Waals surface area contributed by atoms with E-state index in [1.54, 1.807) is 7.11 Å². The Kier molecular flexibility index (Phi) is 2.88. The molecule has 19 heavy (non-hydrogen) atoms. The number of aryl methyl sites for hydroxylation is 1. The van der Waals surface area contributed by atoms with Gasteiger partial charge in [-0.3, -0.25) is 0 Å². The van der Waals surface area contributed by atoms with Gasteiger partial charge in [-0.2, -0.15) is 0 Å². The van der Waals surface area contributed by atoms with Gasteiger partial charge in [0.15, 0.2) is 0 Å². The van der Waals surface area contributed by atoms with E-state index >= 15 is 0 Å². The van der Waals surface area contributed by atoms with Gasteiger partial charge in [-0.05, 0) is 37.3 Å². The molecule has 3 heteroatoms. The standard InChI is InChI=1S/C16H14N2O/c1-11-17-15-6-4-3-5-14(15)16(18-11)12-7-9-13(19-2)10-8-12/h3-10H,1-2H3. The molecule has 3 aromatic rings. The van der Waals surface area contributed by atoms with Gasteiger partial charge < -0.3 is 4.74 Å². The second-order valence-electron chi connectivity index (χ2n) is 4.37. The maximum atomic E-state index is 5.18. The summed E-state index contributed by atoms with van der Waals surface area (Å²) < 4.78 is 5.18. The van der Waals surface area contributed by atoms with Gasteiger partial charge in [0.25, 0.3) is 0 Å². The lowest BCUT2D eigenvalue weighted by Crippen LogP contribution is -1.94. The number of aromatic nitrogens is 2. The van der Waals surface area contributed by atoms with Gasteiger partial charge >= 0.3 is 0 Å². The first kappa shape index (κ1) is 11.7. The molecule has 0 saturated heterocycles. The first-order valence-electron chi connectivity index (χ1n) is 6.16. The molecule has 0 aliphatic rings. The molecular formula is C16H14N2O. The van der Waals surface area contributed by atoms with Crippen molar-refractivity contribution in [3.05, 3.63) is 54.4 Å². The minimum Gasteiger partial charge on any atom is -0.497 e. The molecule has 2 aromatic carbocycles. The van der Waals surface area contributed by atoms with Gasteiger partial charge in [-0.25, -0.2) is 9.97 Å². The normalized spacial score (nSPS) is 10.6. The number of hydrogen-bond donors (Lipinski definition) is 0. The highest BCUT2D eigenvalue weighted by Crippen LogP contribution is 2.27. The van der Waals surface area contributed by atoms with E-state index in [4.69, 9.17) is 4.74 Å². The summed E-state index contributed by atoms with van der Waals surface area (Å²) in [5.41, 5.74) is 3.01. The van der Waals surface area contributed by atoms with Gasteiger partial charge in [0.2, 0.25) is 0 Å². The first-order valence-corrected chi connectivity index (χ1v) is 6.16. The molecule has 0 radical (unpaired) electrons. The zero-order valence-corrected chi connectivity index (χ0v) is 10.9. The van der Waals surface area contributed by atoms with Crippen LogP contribution in [0.25, 0.3) is 22.2 Å². The molecule has 3 rings (SSSR count). The van der Waals surface area contributed by atoms with Crippen molar-refractivity contribution in [2.24, 2.45) is 0 Å². The quantitative estimate of drug-likeness (QED) is 0.696. The smallest absolute Gasteiger partial charge is 0.126 e. The van der Waals surface area contributed by atoms with Crippen molar-refractivity contribution >= 4 is 10.9 Å². The highest BCUT2D eigenvalue weighted by Gasteiger charge is 2.07. The topological polar surface area (TPSA) is 35.0 Å². The Morgan fingerprint density at radius 3 is 2.37 bits per heavy atom. The van der Waals surface area contributed by atoms with Crippen LogP contribution in [-0.2, 0) is 0 Å². The lowest BCUT2D eigenvalue weighted by Gasteiger charge is -2.07. The third kappa shape index (κ3) is 2.15. The van der Waals surface area contributed by atoms with Crippen LogP contribution in [0.1, 0.15) is 5.82 Å². The van der Waals surface area contributed by atoms with Crippen LogP contribution in [-0.4, -0.2) is 17.1 Å². The molecule has 0 unspecified atom stereocenters. The van der Waals surface area contributed by atoms with Crippen LogP contribution in [0.5, 0.6) is 5.75 Å². The van der Waals surface area contributed by atoms with Crippen molar-refractivity contribution in [1.29, 1.82) is 0 Å². The average molecular weight is 250 g/mol. The van der Waals surface area contributed by atoms with E-state index in [-0.39, 0.29) is 0 Å². The molecule has 0 spiro atoms. The third-order valence-electron chi connectivity index (χ3n) is 3.08. The van der Waals surface area contributed by atoms with E-state index in [0.717, 1.165) is 33.7 Å². The summed E-state index contributed by atoms with van der Waals surface area (Å²) >= 11 is 0. The monoisotopic (exact) mass is 250 g/mol. The molecule has 0 saturated carbocycles. The Labute approximate surface area is 111 Å². The van der Waals surface area contributed by atoms with Crippen LogP contribution in [0.2, 0.25) is 0 Å². The largest absolute Gasteiger partial charge is 0.497 e. The fourth-order valence-corrected chi connectivity index (χ4v) is 2.16. The molecule has 0 fully saturated rings. The molecule has 0 N–H and O–H groups in total. The summed E-state index contributed by atoms with van der Waals surface area (Å²) in [6.07, 6.45) is 0. The van der Waals surface area contributed by atoms with Crippen molar-refractivity contribution in [2.75, 3.05) is 7.11 Å². The predicted octanol–water partition coefficient (Wildman–Crippen LogP) is 3.61. The number of benzene rings is 2. The molecule has 94 valence electrons. The first-order chi connectivity index (χ1) is 9.28. The third-order valence-corrected chi connectivity index (χ3v) is 3.08. The van der Waals surface area contributed by atoms with Gasteiger partial charge in [0, 0.05) is 10.9 Å². The van der Waals surface area contributed by atoms with E-state index in [1.807, 2.05) is 55.5 Å². The Morgan fingerprint density at radius 2 is 1.63 bits per heavy atom. The van der Waals surface area contributed by atoms with E-state index in [9.17, 15) is 0 Å². The molecule has 1 heterocycles. The summed E-state index contributed by atoms with van der Waals surface area (Å²) in [6, 6.07) is 16.0. The van der Waals surface area contributed by atoms with Crippen molar-refractivity contribution < 1.29 is 4.74 Å². The van der Waals surface area contributed by atoms with Crippen LogP contribution >= 0.6 is 0 Å². The number of para-hydroxylation sites is 1. The molecule has 0 aliphatic heterocycles. The highest BCUT2D eigenvalue weighted by atomic mass is 16.5. The fourth-order valence-electron chi connectivity index (χ4n) is 2.16. The van der Waals surface area contributed by atoms with Crippen molar-refractivity contribution in [1.82, 2.24) is 9.97 Å². The zero-order valence-electron chi connectivity index (χ0n) is 10.9. The molecular weight excluding hydrogens is 236 g/mol. The Morgan fingerprint density at radius 1 is 0.895 bits per heavy atom. The zero-order chi connectivity index (χ0) is 13.2. The minimum atomic E-state index is 0.782. The van der Waals surface area contributed by atoms with Gasteiger partial charge in [-0.15, -0.1) is 0 Å². The summed E-state index contributed by atoms with van der Waals surface area (Å²) in [4.78, 5) is 9.03. The molecule has 3 nitrogen and oxygen atoms in total. The van der Waals surface area contributed by atoms with Crippen LogP contribution in [0.4, 0.5) is 0 Å². The highest BCUT2D eigenvalue weighted by molar-refractivity contribution is 5.92. The lowest BCUT2D eigenvalue weighted by molar-refractivity contribution is 0.415. The maximum Gasteiger partial charge on any atom is 0.126 e. The number of nitrogens with zero attached hydrogens (tertiary/aromatic N) is 2. The van der Waals surface area contributed by atoms with Crippen molar-refractivity contribution in [2.45, 2.75) is 6.92 Å². The van der Waals surface area contributed by atoms with Crippen LogP contribution < -0.4 is 4.74 Å². The molecule has 0 amide bonds. The molecule has 0 atom stereocenters. The van der Waals surface area contributed by atoms with Crippen molar-refractivity contribution in [3.8, 4) is 17.0 Å². The number of fused-ring (bicyclic) bond motifs is 1. The van der Waals surface area contributed by atoms with Crippen LogP contribution in [0.3, 0.4) is 0 Å². The second kappa shape index (κ2) is 4.69. The number of ether oxygens (including phenoxy) is 1. The second-order valence-corrected chi connectivity index (χ2v) is 4.37. The predicted molar refractivity (Wildman–Crippen MR) is 76.3 cm³/mol. The van der Waals surface area contributed by atoms with E-state index in [1.165, 1.54) is 0 Å². The Hall–Kier alpha value is -2.42. The number of hydrogen-bond acceptors (Lipinski definition) is 3. The van der Waals surface area contributed by atoms with Crippen LogP contribution in [0, 0.1) is 6.92 Å². The minimum absolute atomic E-state index is 0.782. The van der Waals surface area contributed by atoms with E-state index < -0.39 is 0 Å². The number of methoxy groups -OCH3 is 1. The Balaban J connectivity index is 2.22. The molecule has 1 aromatic heterocycles. The summed E-state index contributed by atoms with van der Waals surface area (Å²) in [5.74, 6) is 1.63. The lowest BCUT2D eigenvalue weighted by atomic mass is 10.1. The Bertz CT molecular complexity index is 720. The summed E-state index contributed by atoms with van der Waals surface area (Å²) in [6.45, 7) is 1.92. The average Bonchev–Trinajstić information content (AvgIpc) is 2.46. The van der Waals surface area contributed by atoms with E-state index in [0.29, 0.717) is 0 Å². The maximum absolute atomic E-state index is 5.18. The van der Waals surface area contributed by atoms with Crippen LogP contribution in [0.15, 0.2) is 48.5 Å². The number of rotatable bonds is 2. The molecule has 0 aliphatic carbocycles. The van der Waals surface area contributed by atoms with E-state index in [2.05, 4.69) is 9.97 Å². The molecule has 0 bridgehead atoms. The van der Waals surface area contributed by atoms with Crippen molar-refractivity contribution in [3.63, 3.8) is 0 Å². The summed E-state index contributed by atoms with van der Waals surface area (Å²) in [5, 5.41) is 1.07. The van der Waals surface area contributed by atoms with Gasteiger partial charge in [0.1, 0.15) is 11.6 Å².